The molecule has 0 aliphatic rings. The van der Waals surface area contributed by atoms with Gasteiger partial charge in [-0.3, -0.25) is 0 Å². The molecule has 0 fully saturated rings. The molecule has 0 radical (unpaired) electrons. The first kappa shape index (κ1) is 19.0. The normalized spacial score (nSPS) is 11.8. The summed E-state index contributed by atoms with van der Waals surface area (Å²) in [6.45, 7) is -1.23. The Morgan fingerprint density at radius 2 is 1.52 bits per heavy atom. The molecular formula is C16H9F5N2O3S. The lowest BCUT2D eigenvalue weighted by Gasteiger charge is -2.08. The zero-order chi connectivity index (χ0) is 19.9. The Morgan fingerprint density at radius 1 is 0.926 bits per heavy atom. The van der Waals surface area contributed by atoms with E-state index in [1.165, 1.54) is 0 Å². The molecule has 3 rings (SSSR count). The Labute approximate surface area is 149 Å². The van der Waals surface area contributed by atoms with Gasteiger partial charge in [-0.1, -0.05) is 5.16 Å². The van der Waals surface area contributed by atoms with E-state index >= 15 is 0 Å². The zero-order valence-electron chi connectivity index (χ0n) is 13.1. The van der Waals surface area contributed by atoms with Crippen LogP contribution in [0.3, 0.4) is 0 Å². The monoisotopic (exact) mass is 404 g/mol. The summed E-state index contributed by atoms with van der Waals surface area (Å²) in [5.74, 6) is -5.87. The van der Waals surface area contributed by atoms with Crippen molar-refractivity contribution in [2.24, 2.45) is 5.14 Å². The lowest BCUT2D eigenvalue weighted by atomic mass is 9.99. The minimum absolute atomic E-state index is 0.0521. The molecular weight excluding hydrogens is 395 g/mol. The molecule has 0 amide bonds. The highest BCUT2D eigenvalue weighted by molar-refractivity contribution is 7.89. The number of aromatic nitrogens is 1. The highest BCUT2D eigenvalue weighted by Crippen LogP contribution is 2.37. The number of halogens is 5. The molecule has 0 saturated carbocycles. The van der Waals surface area contributed by atoms with E-state index in [1.54, 1.807) is 0 Å². The van der Waals surface area contributed by atoms with Crippen LogP contribution in [0, 0.1) is 23.3 Å². The first-order valence-electron chi connectivity index (χ1n) is 7.15. The minimum atomic E-state index is -4.69. The SMILES string of the molecule is NS(=O)(=O)c1c(F)cc(-c2c(-c3ccc(F)c(F)c3)noc2CF)cc1F. The van der Waals surface area contributed by atoms with Gasteiger partial charge in [-0.25, -0.2) is 35.5 Å². The fourth-order valence-electron chi connectivity index (χ4n) is 2.53. The largest absolute Gasteiger partial charge is 0.357 e. The van der Waals surface area contributed by atoms with Crippen molar-refractivity contribution >= 4 is 10.0 Å². The van der Waals surface area contributed by atoms with Crippen molar-refractivity contribution in [1.82, 2.24) is 5.16 Å². The standard InChI is InChI=1S/C16H9F5N2O3S/c17-6-13-14(8-4-11(20)16(12(21)5-8)27(22,24)25)15(23-26-13)7-1-2-9(18)10(19)3-7/h1-5H,6H2,(H2,22,24,25). The van der Waals surface area contributed by atoms with Crippen molar-refractivity contribution in [2.75, 3.05) is 0 Å². The predicted octanol–water partition coefficient (Wildman–Crippen LogP) is 3.68. The molecule has 5 nitrogen and oxygen atoms in total. The number of sulfonamides is 1. The van der Waals surface area contributed by atoms with Crippen LogP contribution in [0.15, 0.2) is 39.8 Å². The second kappa shape index (κ2) is 6.74. The van der Waals surface area contributed by atoms with Gasteiger partial charge >= 0.3 is 0 Å². The Bertz CT molecular complexity index is 1120. The van der Waals surface area contributed by atoms with E-state index < -0.39 is 50.6 Å². The highest BCUT2D eigenvalue weighted by Gasteiger charge is 2.26. The maximum atomic E-state index is 14.1. The van der Waals surface area contributed by atoms with Crippen molar-refractivity contribution in [2.45, 2.75) is 11.6 Å². The fourth-order valence-corrected chi connectivity index (χ4v) is 3.19. The smallest absolute Gasteiger partial charge is 0.243 e. The topological polar surface area (TPSA) is 86.2 Å². The number of hydrogen-bond acceptors (Lipinski definition) is 4. The van der Waals surface area contributed by atoms with Gasteiger partial charge in [0.15, 0.2) is 29.0 Å². The zero-order valence-corrected chi connectivity index (χ0v) is 14.0. The lowest BCUT2D eigenvalue weighted by Crippen LogP contribution is -2.16. The van der Waals surface area contributed by atoms with Crippen LogP contribution >= 0.6 is 0 Å². The van der Waals surface area contributed by atoms with E-state index in [9.17, 15) is 30.4 Å². The molecule has 2 aromatic carbocycles. The summed E-state index contributed by atoms with van der Waals surface area (Å²) in [4.78, 5) is -1.36. The molecule has 1 heterocycles. The summed E-state index contributed by atoms with van der Waals surface area (Å²) in [6, 6.07) is 3.82. The molecule has 0 spiro atoms. The molecule has 27 heavy (non-hydrogen) atoms. The lowest BCUT2D eigenvalue weighted by molar-refractivity contribution is 0.332. The van der Waals surface area contributed by atoms with Crippen molar-refractivity contribution in [1.29, 1.82) is 0 Å². The molecule has 0 bridgehead atoms. The van der Waals surface area contributed by atoms with Crippen molar-refractivity contribution < 1.29 is 34.9 Å². The number of rotatable bonds is 4. The summed E-state index contributed by atoms with van der Waals surface area (Å²) >= 11 is 0. The summed E-state index contributed by atoms with van der Waals surface area (Å²) < 4.78 is 95.5. The van der Waals surface area contributed by atoms with E-state index in [2.05, 4.69) is 5.16 Å². The van der Waals surface area contributed by atoms with Gasteiger partial charge in [0.2, 0.25) is 10.0 Å². The van der Waals surface area contributed by atoms with Crippen molar-refractivity contribution in [3.63, 3.8) is 0 Å². The first-order chi connectivity index (χ1) is 12.6. The molecule has 0 aliphatic heterocycles. The van der Waals surface area contributed by atoms with E-state index in [4.69, 9.17) is 9.66 Å². The summed E-state index contributed by atoms with van der Waals surface area (Å²) in [7, 11) is -4.69. The Balaban J connectivity index is 2.26. The van der Waals surface area contributed by atoms with Gasteiger partial charge in [0.25, 0.3) is 0 Å². The van der Waals surface area contributed by atoms with E-state index in [1.807, 2.05) is 0 Å². The molecule has 0 saturated heterocycles. The van der Waals surface area contributed by atoms with Gasteiger partial charge < -0.3 is 4.52 Å². The number of nitrogens with zero attached hydrogens (tertiary/aromatic N) is 1. The quantitative estimate of drug-likeness (QED) is 0.672. The van der Waals surface area contributed by atoms with Crippen LogP contribution in [0.4, 0.5) is 22.0 Å². The van der Waals surface area contributed by atoms with Crippen LogP contribution in [0.25, 0.3) is 22.4 Å². The van der Waals surface area contributed by atoms with Crippen LogP contribution in [0.1, 0.15) is 5.76 Å². The third-order valence-corrected chi connectivity index (χ3v) is 4.61. The van der Waals surface area contributed by atoms with Gasteiger partial charge in [0.1, 0.15) is 17.3 Å². The van der Waals surface area contributed by atoms with Gasteiger partial charge in [-0.15, -0.1) is 0 Å². The van der Waals surface area contributed by atoms with Gasteiger partial charge in [0, 0.05) is 5.56 Å². The average Bonchev–Trinajstić information content (AvgIpc) is 2.99. The van der Waals surface area contributed by atoms with Gasteiger partial charge in [-0.2, -0.15) is 0 Å². The molecule has 0 unspecified atom stereocenters. The Kier molecular flexibility index (Phi) is 4.74. The van der Waals surface area contributed by atoms with E-state index in [0.29, 0.717) is 12.1 Å². The number of alkyl halides is 1. The Morgan fingerprint density at radius 3 is 2.04 bits per heavy atom. The predicted molar refractivity (Wildman–Crippen MR) is 83.4 cm³/mol. The molecule has 2 N–H and O–H groups in total. The number of nitrogens with two attached hydrogens (primary N) is 1. The summed E-state index contributed by atoms with van der Waals surface area (Å²) in [5.41, 5.74) is -0.847. The van der Waals surface area contributed by atoms with Crippen LogP contribution in [-0.2, 0) is 16.7 Å². The number of hydrogen-bond donors (Lipinski definition) is 1. The van der Waals surface area contributed by atoms with Crippen LogP contribution in [0.5, 0.6) is 0 Å². The molecule has 1 aromatic heterocycles. The fraction of sp³-hybridized carbons (Fsp3) is 0.0625. The molecule has 3 aromatic rings. The third kappa shape index (κ3) is 3.43. The highest BCUT2D eigenvalue weighted by atomic mass is 32.2. The van der Waals surface area contributed by atoms with E-state index in [0.717, 1.165) is 18.2 Å². The Hall–Kier alpha value is -2.79. The van der Waals surface area contributed by atoms with Crippen LogP contribution in [-0.4, -0.2) is 13.6 Å². The maximum Gasteiger partial charge on any atom is 0.243 e. The maximum absolute atomic E-state index is 14.1. The van der Waals surface area contributed by atoms with Crippen LogP contribution in [0.2, 0.25) is 0 Å². The minimum Gasteiger partial charge on any atom is -0.357 e. The average molecular weight is 404 g/mol. The number of benzene rings is 2. The summed E-state index contributed by atoms with van der Waals surface area (Å²) in [5, 5.41) is 8.30. The first-order valence-corrected chi connectivity index (χ1v) is 8.70. The molecule has 0 atom stereocenters. The molecule has 0 aliphatic carbocycles. The number of primary sulfonamides is 1. The molecule has 142 valence electrons. The second-order valence-electron chi connectivity index (χ2n) is 5.41. The van der Waals surface area contributed by atoms with Crippen molar-refractivity contribution in [3.05, 3.63) is 59.4 Å². The van der Waals surface area contributed by atoms with Crippen molar-refractivity contribution in [3.8, 4) is 22.4 Å². The van der Waals surface area contributed by atoms with E-state index in [-0.39, 0.29) is 22.4 Å². The third-order valence-electron chi connectivity index (χ3n) is 3.65. The van der Waals surface area contributed by atoms with Crippen LogP contribution < -0.4 is 5.14 Å². The molecule has 11 heteroatoms. The van der Waals surface area contributed by atoms with Gasteiger partial charge in [-0.05, 0) is 35.9 Å². The second-order valence-corrected chi connectivity index (χ2v) is 6.90. The summed E-state index contributed by atoms with van der Waals surface area (Å²) in [6.07, 6.45) is 0. The van der Waals surface area contributed by atoms with Gasteiger partial charge in [0.05, 0.1) is 5.56 Å².